The van der Waals surface area contributed by atoms with Crippen LogP contribution in [0.4, 0.5) is 0 Å². The van der Waals surface area contributed by atoms with Crippen LogP contribution in [0.3, 0.4) is 0 Å². The van der Waals surface area contributed by atoms with E-state index in [1.165, 1.54) is 12.8 Å². The molecule has 0 rings (SSSR count). The van der Waals surface area contributed by atoms with Crippen molar-refractivity contribution in [1.82, 2.24) is 0 Å². The molecule has 256 valence electrons. The van der Waals surface area contributed by atoms with Crippen LogP contribution < -0.4 is 10.2 Å². The van der Waals surface area contributed by atoms with E-state index in [4.69, 9.17) is 10.2 Å². The number of aliphatic hydroxyl groups is 2. The molecule has 13 heteroatoms. The minimum Gasteiger partial charge on any atom is -0.550 e. The van der Waals surface area contributed by atoms with Gasteiger partial charge in [-0.2, -0.15) is 0 Å². The molecule has 0 spiro atoms. The molecule has 2 unspecified atom stereocenters. The van der Waals surface area contributed by atoms with E-state index in [-0.39, 0.29) is 98.7 Å². The van der Waals surface area contributed by atoms with Crippen LogP contribution in [0, 0.1) is 0 Å². The van der Waals surface area contributed by atoms with Gasteiger partial charge in [-0.15, -0.1) is 0 Å². The Balaban J connectivity index is -0.000000767. The smallest absolute Gasteiger partial charge is 0.550 e. The SMILES string of the molecule is CCCCC/C=C/C[N+](CCO)(CCC(=O)[O-])CCC(=O)O.CCCCC/C=C/C[N+](CCO)(CCC(=O)[O-])CCC(=O)O.[Ca+2]. The number of aliphatic hydroxyl groups excluding tert-OH is 2. The van der Waals surface area contributed by atoms with Crippen LogP contribution >= 0.6 is 0 Å². The summed E-state index contributed by atoms with van der Waals surface area (Å²) >= 11 is 0. The number of aliphatic carboxylic acids is 4. The number of carboxylic acid groups (broad SMARTS) is 4. The van der Waals surface area contributed by atoms with E-state index in [0.29, 0.717) is 39.3 Å². The summed E-state index contributed by atoms with van der Waals surface area (Å²) in [6.07, 6.45) is 16.5. The molecule has 0 bridgehead atoms. The number of hydrogen-bond donors (Lipinski definition) is 4. The Morgan fingerprint density at radius 2 is 0.889 bits per heavy atom. The molecule has 0 fully saturated rings. The molecule has 0 heterocycles. The zero-order chi connectivity index (χ0) is 33.7. The molecule has 0 saturated carbocycles. The van der Waals surface area contributed by atoms with Gasteiger partial charge in [0.15, 0.2) is 0 Å². The van der Waals surface area contributed by atoms with Crippen molar-refractivity contribution in [2.24, 2.45) is 0 Å². The second-order valence-electron chi connectivity index (χ2n) is 11.3. The third-order valence-electron chi connectivity index (χ3n) is 7.60. The standard InChI is InChI=1S/2C16H29NO5.Ca/c2*1-2-3-4-5-6-7-10-17(13-14-18,11-8-15(19)20)12-9-16(21)22;/h2*6-7,18H,2-5,8-14H2,1H3,(H-,19,20,21,22);/q;;+2/b2*7-6+;. The molecule has 0 radical (unpaired) electrons. The molecule has 45 heavy (non-hydrogen) atoms. The maximum atomic E-state index is 10.8. The van der Waals surface area contributed by atoms with Crippen molar-refractivity contribution in [3.63, 3.8) is 0 Å². The summed E-state index contributed by atoms with van der Waals surface area (Å²) in [5.41, 5.74) is 0. The van der Waals surface area contributed by atoms with E-state index in [1.807, 2.05) is 12.2 Å². The van der Waals surface area contributed by atoms with E-state index in [1.54, 1.807) is 0 Å². The number of carbonyl (C=O) groups excluding carboxylic acids is 2. The zero-order valence-electron chi connectivity index (χ0n) is 27.7. The summed E-state index contributed by atoms with van der Waals surface area (Å²) in [4.78, 5) is 43.1. The van der Waals surface area contributed by atoms with Gasteiger partial charge in [-0.05, 0) is 37.8 Å². The van der Waals surface area contributed by atoms with Crippen molar-refractivity contribution >= 4 is 61.6 Å². The van der Waals surface area contributed by atoms with Crippen LogP contribution in [0.2, 0.25) is 0 Å². The van der Waals surface area contributed by atoms with Crippen molar-refractivity contribution in [1.29, 1.82) is 0 Å². The molecule has 0 saturated heterocycles. The first kappa shape index (κ1) is 47.9. The van der Waals surface area contributed by atoms with Crippen LogP contribution in [0.1, 0.15) is 90.9 Å². The molecule has 2 atom stereocenters. The minimum absolute atomic E-state index is 0. The van der Waals surface area contributed by atoms with E-state index >= 15 is 0 Å². The van der Waals surface area contributed by atoms with Gasteiger partial charge in [-0.3, -0.25) is 9.59 Å². The van der Waals surface area contributed by atoms with E-state index < -0.39 is 23.9 Å². The van der Waals surface area contributed by atoms with Crippen LogP contribution in [0.5, 0.6) is 0 Å². The van der Waals surface area contributed by atoms with Gasteiger partial charge in [0.1, 0.15) is 13.1 Å². The number of carboxylic acids is 4. The largest absolute Gasteiger partial charge is 2.00 e. The number of nitrogens with zero attached hydrogens (tertiary/aromatic N) is 2. The first-order chi connectivity index (χ1) is 20.9. The number of hydrogen-bond acceptors (Lipinski definition) is 8. The normalized spacial score (nSPS) is 13.8. The Kier molecular flexibility index (Phi) is 33.1. The number of allylic oxidation sites excluding steroid dienone is 2. The molecule has 4 N–H and O–H groups in total. The van der Waals surface area contributed by atoms with Crippen LogP contribution in [-0.2, 0) is 19.2 Å². The van der Waals surface area contributed by atoms with E-state index in [0.717, 1.165) is 38.5 Å². The van der Waals surface area contributed by atoms with Gasteiger partial charge in [0.05, 0.1) is 65.3 Å². The summed E-state index contributed by atoms with van der Waals surface area (Å²) in [5, 5.41) is 57.7. The van der Waals surface area contributed by atoms with Crippen molar-refractivity contribution in [2.45, 2.75) is 90.9 Å². The summed E-state index contributed by atoms with van der Waals surface area (Å²) in [6, 6.07) is 0. The topological polar surface area (TPSA) is 195 Å². The fraction of sp³-hybridized carbons (Fsp3) is 0.750. The van der Waals surface area contributed by atoms with Crippen LogP contribution in [0.25, 0.3) is 0 Å². The quantitative estimate of drug-likeness (QED) is 0.0399. The monoisotopic (exact) mass is 670 g/mol. The average molecular weight is 671 g/mol. The van der Waals surface area contributed by atoms with Crippen molar-refractivity contribution in [3.05, 3.63) is 24.3 Å². The van der Waals surface area contributed by atoms with Gasteiger partial charge in [0.25, 0.3) is 0 Å². The fourth-order valence-corrected chi connectivity index (χ4v) is 4.82. The summed E-state index contributed by atoms with van der Waals surface area (Å²) in [7, 11) is 0. The van der Waals surface area contributed by atoms with Gasteiger partial charge in [-0.25, -0.2) is 0 Å². The second-order valence-corrected chi connectivity index (χ2v) is 11.3. The molecule has 0 aliphatic rings. The van der Waals surface area contributed by atoms with Gasteiger partial charge in [0, 0.05) is 24.8 Å². The maximum absolute atomic E-state index is 10.8. The summed E-state index contributed by atoms with van der Waals surface area (Å²) in [5.74, 6) is -4.13. The number of unbranched alkanes of at least 4 members (excludes halogenated alkanes) is 6. The number of quaternary nitrogens is 2. The first-order valence-corrected chi connectivity index (χ1v) is 16.0. The van der Waals surface area contributed by atoms with E-state index in [2.05, 4.69) is 26.0 Å². The molecule has 0 aromatic heterocycles. The third kappa shape index (κ3) is 29.6. The predicted octanol–water partition coefficient (Wildman–Crippen LogP) is 0.713. The molecular weight excluding hydrogens is 612 g/mol. The molecule has 0 aromatic carbocycles. The van der Waals surface area contributed by atoms with Gasteiger partial charge in [-0.1, -0.05) is 51.7 Å². The van der Waals surface area contributed by atoms with Crippen LogP contribution in [0.15, 0.2) is 24.3 Å². The summed E-state index contributed by atoms with van der Waals surface area (Å²) in [6.45, 7) is 7.00. The van der Waals surface area contributed by atoms with Gasteiger partial charge >= 0.3 is 49.7 Å². The molecular formula is C32H58CaN2O10+2. The Hall–Kier alpha value is -1.54. The van der Waals surface area contributed by atoms with Crippen molar-refractivity contribution in [2.75, 3.05) is 65.6 Å². The molecule has 0 amide bonds. The van der Waals surface area contributed by atoms with Crippen LogP contribution in [-0.4, -0.2) is 157 Å². The molecule has 0 aromatic rings. The average Bonchev–Trinajstić information content (AvgIpc) is 2.96. The fourth-order valence-electron chi connectivity index (χ4n) is 4.82. The second kappa shape index (κ2) is 31.1. The van der Waals surface area contributed by atoms with Crippen molar-refractivity contribution < 1.29 is 58.8 Å². The first-order valence-electron chi connectivity index (χ1n) is 16.0. The Bertz CT molecular complexity index is 748. The van der Waals surface area contributed by atoms with Gasteiger partial charge < -0.3 is 49.2 Å². The minimum atomic E-state index is -1.15. The Labute approximate surface area is 299 Å². The van der Waals surface area contributed by atoms with Gasteiger partial charge in [0.2, 0.25) is 0 Å². The predicted molar refractivity (Wildman–Crippen MR) is 170 cm³/mol. The molecule has 0 aliphatic carbocycles. The number of rotatable bonds is 28. The zero-order valence-corrected chi connectivity index (χ0v) is 29.9. The van der Waals surface area contributed by atoms with E-state index in [9.17, 15) is 39.6 Å². The number of carbonyl (C=O) groups is 4. The Morgan fingerprint density at radius 3 is 1.16 bits per heavy atom. The summed E-state index contributed by atoms with van der Waals surface area (Å²) < 4.78 is 0.530. The molecule has 12 nitrogen and oxygen atoms in total. The maximum Gasteiger partial charge on any atom is 2.00 e. The van der Waals surface area contributed by atoms with Crippen molar-refractivity contribution in [3.8, 4) is 0 Å². The molecule has 0 aliphatic heterocycles. The Morgan fingerprint density at radius 1 is 0.556 bits per heavy atom. The third-order valence-corrected chi connectivity index (χ3v) is 7.60.